The van der Waals surface area contributed by atoms with Gasteiger partial charge in [0.2, 0.25) is 23.6 Å². The van der Waals surface area contributed by atoms with Gasteiger partial charge in [-0.1, -0.05) is 56.3 Å². The van der Waals surface area contributed by atoms with Gasteiger partial charge in [-0.25, -0.2) is 4.98 Å². The maximum atomic E-state index is 13.9. The third kappa shape index (κ3) is 10.5. The summed E-state index contributed by atoms with van der Waals surface area (Å²) in [7, 11) is 4.73. The van der Waals surface area contributed by atoms with Crippen LogP contribution in [-0.4, -0.2) is 103 Å². The fraction of sp³-hybridized carbons (Fsp3) is 0.459. The molecule has 1 aliphatic rings. The van der Waals surface area contributed by atoms with Crippen molar-refractivity contribution in [1.82, 2.24) is 36.1 Å². The molecule has 2 aromatic carbocycles. The van der Waals surface area contributed by atoms with E-state index in [4.69, 9.17) is 9.47 Å². The molecule has 2 heterocycles. The molecule has 4 rings (SSSR count). The van der Waals surface area contributed by atoms with E-state index in [2.05, 4.69) is 26.3 Å². The third-order valence-electron chi connectivity index (χ3n) is 8.76. The number of likely N-dealkylation sites (N-methyl/N-ethyl adjacent to an activating group) is 1. The number of fused-ring (bicyclic) bond motifs is 2. The van der Waals surface area contributed by atoms with Crippen LogP contribution in [0.2, 0.25) is 0 Å². The first-order chi connectivity index (χ1) is 24.8. The molecule has 1 aliphatic heterocycles. The first kappa shape index (κ1) is 39.8. The number of aromatic nitrogens is 1. The highest BCUT2D eigenvalue weighted by atomic mass is 32.1. The van der Waals surface area contributed by atoms with Gasteiger partial charge in [-0.05, 0) is 37.8 Å². The lowest BCUT2D eigenvalue weighted by Gasteiger charge is -2.29. The summed E-state index contributed by atoms with van der Waals surface area (Å²) in [6.07, 6.45) is 0.413. The van der Waals surface area contributed by atoms with E-state index in [0.717, 1.165) is 11.1 Å². The average molecular weight is 736 g/mol. The van der Waals surface area contributed by atoms with Gasteiger partial charge >= 0.3 is 0 Å². The second kappa shape index (κ2) is 18.5. The summed E-state index contributed by atoms with van der Waals surface area (Å²) in [6.45, 7) is 7.42. The van der Waals surface area contributed by atoms with Gasteiger partial charge in [0.15, 0.2) is 11.5 Å². The first-order valence-corrected chi connectivity index (χ1v) is 18.1. The lowest BCUT2D eigenvalue weighted by Crippen LogP contribution is -2.57. The quantitative estimate of drug-likeness (QED) is 0.284. The summed E-state index contributed by atoms with van der Waals surface area (Å²) < 4.78 is 11.2. The van der Waals surface area contributed by atoms with E-state index in [1.807, 2.05) is 47.4 Å². The van der Waals surface area contributed by atoms with Crippen LogP contribution >= 0.6 is 11.3 Å². The number of hydrogen-bond donors (Lipinski definition) is 4. The monoisotopic (exact) mass is 735 g/mol. The number of amides is 5. The van der Waals surface area contributed by atoms with Crippen LogP contribution in [-0.2, 0) is 32.1 Å². The van der Waals surface area contributed by atoms with Crippen molar-refractivity contribution in [2.75, 3.05) is 40.9 Å². The molecule has 15 heteroatoms. The molecule has 4 N–H and O–H groups in total. The molecule has 0 saturated heterocycles. The number of nitrogens with one attached hydrogen (secondary N) is 4. The molecular formula is C37H49N7O7S. The van der Waals surface area contributed by atoms with E-state index in [0.29, 0.717) is 36.0 Å². The summed E-state index contributed by atoms with van der Waals surface area (Å²) in [4.78, 5) is 75.1. The smallest absolute Gasteiger partial charge is 0.271 e. The Morgan fingerprint density at radius 1 is 0.865 bits per heavy atom. The standard InChI is InChI=1S/C37H49N7O7S/c1-22(2)31-35(48)39-24(4)37(49)43(5)16-17-44(19-26-14-11-15-29(50-6)32(26)51-7)20-30(45)40-27(18-25-12-9-8-10-13-25)36-41-28(21-52-36)34(47)38-23(3)33(46)42-31/h8-15,21-24,27,31H,16-20H2,1-7H3,(H,38,47)(H,39,48)(H,40,45)(H,42,46)/t23-,24+,27-,31-/m0/s1. The van der Waals surface area contributed by atoms with Crippen LogP contribution in [0, 0.1) is 5.92 Å². The van der Waals surface area contributed by atoms with Crippen molar-refractivity contribution in [2.45, 2.75) is 64.8 Å². The van der Waals surface area contributed by atoms with Crippen LogP contribution in [0.3, 0.4) is 0 Å². The number of methoxy groups -OCH3 is 2. The van der Waals surface area contributed by atoms with E-state index in [-0.39, 0.29) is 36.5 Å². The molecule has 14 nitrogen and oxygen atoms in total. The molecule has 2 bridgehead atoms. The lowest BCUT2D eigenvalue weighted by molar-refractivity contribution is -0.136. The van der Waals surface area contributed by atoms with E-state index < -0.39 is 41.9 Å². The Bertz CT molecular complexity index is 1720. The van der Waals surface area contributed by atoms with Crippen molar-refractivity contribution in [2.24, 2.45) is 5.92 Å². The van der Waals surface area contributed by atoms with Gasteiger partial charge in [0.05, 0.1) is 26.8 Å². The molecule has 0 saturated carbocycles. The minimum atomic E-state index is -1.000. The highest BCUT2D eigenvalue weighted by Gasteiger charge is 2.31. The Hall–Kier alpha value is -5.02. The van der Waals surface area contributed by atoms with Gasteiger partial charge in [0.1, 0.15) is 28.8 Å². The third-order valence-corrected chi connectivity index (χ3v) is 9.72. The SMILES string of the molecule is COc1cccc(CN2CCN(C)C(=O)[C@@H](C)NC(=O)[C@H](C(C)C)NC(=O)[C@H](C)NC(=O)c3csc(n3)[C@H](Cc3ccccc3)NC(=O)C2)c1OC. The topological polar surface area (TPSA) is 171 Å². The summed E-state index contributed by atoms with van der Waals surface area (Å²) >= 11 is 1.23. The lowest BCUT2D eigenvalue weighted by atomic mass is 10.0. The van der Waals surface area contributed by atoms with Crippen LogP contribution in [0.5, 0.6) is 11.5 Å². The molecule has 4 atom stereocenters. The van der Waals surface area contributed by atoms with Crippen LogP contribution < -0.4 is 30.7 Å². The number of rotatable bonds is 7. The van der Waals surface area contributed by atoms with Gasteiger partial charge in [-0.2, -0.15) is 0 Å². The van der Waals surface area contributed by atoms with E-state index >= 15 is 0 Å². The molecule has 3 aromatic rings. The molecule has 0 spiro atoms. The van der Waals surface area contributed by atoms with Crippen molar-refractivity contribution in [3.8, 4) is 11.5 Å². The maximum Gasteiger partial charge on any atom is 0.271 e. The highest BCUT2D eigenvalue weighted by molar-refractivity contribution is 7.09. The minimum Gasteiger partial charge on any atom is -0.493 e. The molecule has 52 heavy (non-hydrogen) atoms. The molecule has 0 unspecified atom stereocenters. The van der Waals surface area contributed by atoms with Gasteiger partial charge in [0, 0.05) is 37.6 Å². The van der Waals surface area contributed by atoms with Gasteiger partial charge in [-0.3, -0.25) is 28.9 Å². The molecule has 0 fully saturated rings. The van der Waals surface area contributed by atoms with Crippen LogP contribution in [0.4, 0.5) is 0 Å². The number of para-hydroxylation sites is 1. The Morgan fingerprint density at radius 3 is 2.27 bits per heavy atom. The van der Waals surface area contributed by atoms with Crippen molar-refractivity contribution in [3.05, 3.63) is 75.7 Å². The van der Waals surface area contributed by atoms with E-state index in [9.17, 15) is 24.0 Å². The number of carbonyl (C=O) groups excluding carboxylic acids is 5. The Morgan fingerprint density at radius 2 is 1.60 bits per heavy atom. The zero-order valence-electron chi connectivity index (χ0n) is 30.7. The second-order valence-corrected chi connectivity index (χ2v) is 14.0. The molecule has 0 aliphatic carbocycles. The first-order valence-electron chi connectivity index (χ1n) is 17.2. The maximum absolute atomic E-state index is 13.9. The number of benzene rings is 2. The van der Waals surface area contributed by atoms with Crippen molar-refractivity contribution < 1.29 is 33.4 Å². The number of hydrogen-bond acceptors (Lipinski definition) is 10. The minimum absolute atomic E-state index is 0.0416. The highest BCUT2D eigenvalue weighted by Crippen LogP contribution is 2.31. The van der Waals surface area contributed by atoms with E-state index in [1.165, 1.54) is 23.2 Å². The van der Waals surface area contributed by atoms with Gasteiger partial charge in [-0.15, -0.1) is 11.3 Å². The molecule has 280 valence electrons. The van der Waals surface area contributed by atoms with Crippen molar-refractivity contribution in [3.63, 3.8) is 0 Å². The van der Waals surface area contributed by atoms with Crippen LogP contribution in [0.25, 0.3) is 0 Å². The Balaban J connectivity index is 1.70. The predicted octanol–water partition coefficient (Wildman–Crippen LogP) is 2.30. The fourth-order valence-corrected chi connectivity index (χ4v) is 6.67. The fourth-order valence-electron chi connectivity index (χ4n) is 5.82. The largest absolute Gasteiger partial charge is 0.493 e. The van der Waals surface area contributed by atoms with Gasteiger partial charge in [0.25, 0.3) is 5.91 Å². The molecular weight excluding hydrogens is 687 g/mol. The summed E-state index contributed by atoms with van der Waals surface area (Å²) in [5.74, 6) is -1.56. The number of carbonyl (C=O) groups is 5. The zero-order valence-corrected chi connectivity index (χ0v) is 31.5. The average Bonchev–Trinajstić information content (AvgIpc) is 3.62. The van der Waals surface area contributed by atoms with E-state index in [1.54, 1.807) is 53.5 Å². The van der Waals surface area contributed by atoms with Crippen LogP contribution in [0.1, 0.15) is 60.4 Å². The normalized spacial score (nSPS) is 21.8. The summed E-state index contributed by atoms with van der Waals surface area (Å²) in [6, 6.07) is 11.7. The summed E-state index contributed by atoms with van der Waals surface area (Å²) in [5, 5.41) is 13.3. The Kier molecular flexibility index (Phi) is 14.1. The number of thiazole rings is 1. The van der Waals surface area contributed by atoms with Crippen molar-refractivity contribution >= 4 is 40.9 Å². The summed E-state index contributed by atoms with van der Waals surface area (Å²) in [5.41, 5.74) is 1.83. The Labute approximate surface area is 308 Å². The molecule has 1 aromatic heterocycles. The molecule has 0 radical (unpaired) electrons. The molecule has 5 amide bonds. The predicted molar refractivity (Wildman–Crippen MR) is 197 cm³/mol. The second-order valence-electron chi connectivity index (χ2n) is 13.2. The van der Waals surface area contributed by atoms with Gasteiger partial charge < -0.3 is 35.6 Å². The number of nitrogens with zero attached hydrogens (tertiary/aromatic N) is 3. The van der Waals surface area contributed by atoms with Crippen LogP contribution in [0.15, 0.2) is 53.9 Å². The van der Waals surface area contributed by atoms with Crippen molar-refractivity contribution in [1.29, 1.82) is 0 Å². The zero-order chi connectivity index (χ0) is 37.9. The number of ether oxygens (including phenoxy) is 2.